The summed E-state index contributed by atoms with van der Waals surface area (Å²) in [4.78, 5) is 20.7. The Hall–Kier alpha value is -3.52. The fraction of sp³-hybridized carbons (Fsp3) is 0.304. The molecule has 8 nitrogen and oxygen atoms in total. The van der Waals surface area contributed by atoms with E-state index < -0.39 is 4.92 Å². The largest absolute Gasteiger partial charge is 0.358 e. The normalized spacial score (nSPS) is 15.5. The van der Waals surface area contributed by atoms with Gasteiger partial charge in [0.15, 0.2) is 5.82 Å². The molecule has 2 aromatic heterocycles. The standard InChI is InChI=1S/C23H24N6O2/c1-16-22(20-4-2-3-5-21(20)25-16)17-10-12-27(13-11-17)15-28-14-24-23(26-28)18-6-8-19(9-7-18)29(30)31/h2-9,14,17,25H,10-13,15H2,1H3. The van der Waals surface area contributed by atoms with Crippen molar-refractivity contribution >= 4 is 16.6 Å². The van der Waals surface area contributed by atoms with Gasteiger partial charge in [-0.15, -0.1) is 5.10 Å². The third kappa shape index (κ3) is 3.82. The average Bonchev–Trinajstić information content (AvgIpc) is 3.38. The molecule has 5 rings (SSSR count). The summed E-state index contributed by atoms with van der Waals surface area (Å²) in [5.41, 5.74) is 4.81. The number of piperidine rings is 1. The number of aryl methyl sites for hydroxylation is 1. The number of non-ortho nitro benzene ring substituents is 1. The number of aromatic nitrogens is 4. The van der Waals surface area contributed by atoms with Crippen LogP contribution < -0.4 is 0 Å². The van der Waals surface area contributed by atoms with Gasteiger partial charge in [0, 0.05) is 47.4 Å². The molecule has 0 atom stereocenters. The molecule has 1 N–H and O–H groups in total. The van der Waals surface area contributed by atoms with Gasteiger partial charge in [0.25, 0.3) is 5.69 Å². The minimum Gasteiger partial charge on any atom is -0.358 e. The highest BCUT2D eigenvalue weighted by Crippen LogP contribution is 2.35. The van der Waals surface area contributed by atoms with E-state index in [4.69, 9.17) is 0 Å². The lowest BCUT2D eigenvalue weighted by Crippen LogP contribution is -2.34. The number of rotatable bonds is 5. The number of nitrogens with zero attached hydrogens (tertiary/aromatic N) is 5. The number of aromatic amines is 1. The van der Waals surface area contributed by atoms with Gasteiger partial charge >= 0.3 is 0 Å². The second kappa shape index (κ2) is 7.96. The zero-order valence-electron chi connectivity index (χ0n) is 17.4. The zero-order valence-corrected chi connectivity index (χ0v) is 17.4. The van der Waals surface area contributed by atoms with Crippen molar-refractivity contribution in [1.29, 1.82) is 0 Å². The van der Waals surface area contributed by atoms with E-state index in [0.29, 0.717) is 18.4 Å². The van der Waals surface area contributed by atoms with Crippen molar-refractivity contribution in [1.82, 2.24) is 24.6 Å². The fourth-order valence-corrected chi connectivity index (χ4v) is 4.62. The highest BCUT2D eigenvalue weighted by atomic mass is 16.6. The Balaban J connectivity index is 1.23. The van der Waals surface area contributed by atoms with E-state index in [0.717, 1.165) is 31.5 Å². The second-order valence-electron chi connectivity index (χ2n) is 8.15. The molecule has 1 aliphatic heterocycles. The van der Waals surface area contributed by atoms with E-state index in [1.54, 1.807) is 18.5 Å². The fourth-order valence-electron chi connectivity index (χ4n) is 4.62. The van der Waals surface area contributed by atoms with Gasteiger partial charge in [-0.05, 0) is 49.4 Å². The summed E-state index contributed by atoms with van der Waals surface area (Å²) in [6.07, 6.45) is 3.96. The summed E-state index contributed by atoms with van der Waals surface area (Å²) in [6.45, 7) is 4.89. The molecule has 1 saturated heterocycles. The van der Waals surface area contributed by atoms with Crippen LogP contribution in [0.1, 0.15) is 30.0 Å². The van der Waals surface area contributed by atoms with Crippen LogP contribution in [0.3, 0.4) is 0 Å². The smallest absolute Gasteiger partial charge is 0.269 e. The summed E-state index contributed by atoms with van der Waals surface area (Å²) in [5.74, 6) is 1.15. The van der Waals surface area contributed by atoms with E-state index in [-0.39, 0.29) is 5.69 Å². The van der Waals surface area contributed by atoms with Crippen molar-refractivity contribution in [3.05, 3.63) is 76.2 Å². The monoisotopic (exact) mass is 416 g/mol. The number of H-pyrrole nitrogens is 1. The molecule has 0 saturated carbocycles. The van der Waals surface area contributed by atoms with Crippen LogP contribution in [-0.2, 0) is 6.67 Å². The predicted octanol–water partition coefficient (Wildman–Crippen LogP) is 4.48. The van der Waals surface area contributed by atoms with Crippen molar-refractivity contribution in [2.24, 2.45) is 0 Å². The topological polar surface area (TPSA) is 92.9 Å². The summed E-state index contributed by atoms with van der Waals surface area (Å²) in [7, 11) is 0. The number of fused-ring (bicyclic) bond motifs is 1. The number of nitrogens with one attached hydrogen (secondary N) is 1. The van der Waals surface area contributed by atoms with Gasteiger partial charge in [0.05, 0.1) is 11.6 Å². The Kier molecular flexibility index (Phi) is 4.99. The molecular weight excluding hydrogens is 392 g/mol. The number of benzene rings is 2. The van der Waals surface area contributed by atoms with Crippen molar-refractivity contribution in [3.8, 4) is 11.4 Å². The van der Waals surface area contributed by atoms with Crippen LogP contribution in [0.5, 0.6) is 0 Å². The van der Waals surface area contributed by atoms with Crippen molar-refractivity contribution < 1.29 is 4.92 Å². The lowest BCUT2D eigenvalue weighted by molar-refractivity contribution is -0.384. The van der Waals surface area contributed by atoms with Crippen LogP contribution in [0.2, 0.25) is 0 Å². The first-order valence-electron chi connectivity index (χ1n) is 10.5. The molecule has 1 aliphatic rings. The summed E-state index contributed by atoms with van der Waals surface area (Å²) in [6, 6.07) is 14.9. The molecular formula is C23H24N6O2. The molecule has 0 amide bonds. The van der Waals surface area contributed by atoms with E-state index >= 15 is 0 Å². The number of hydrogen-bond donors (Lipinski definition) is 1. The van der Waals surface area contributed by atoms with Crippen LogP contribution >= 0.6 is 0 Å². The van der Waals surface area contributed by atoms with Crippen LogP contribution in [0.4, 0.5) is 5.69 Å². The number of hydrogen-bond acceptors (Lipinski definition) is 5. The quantitative estimate of drug-likeness (QED) is 0.382. The number of para-hydroxylation sites is 1. The van der Waals surface area contributed by atoms with Crippen LogP contribution in [0.25, 0.3) is 22.3 Å². The number of likely N-dealkylation sites (tertiary alicyclic amines) is 1. The summed E-state index contributed by atoms with van der Waals surface area (Å²) < 4.78 is 1.84. The first kappa shape index (κ1) is 19.4. The number of nitro benzene ring substituents is 1. The van der Waals surface area contributed by atoms with Crippen LogP contribution in [0.15, 0.2) is 54.9 Å². The lowest BCUT2D eigenvalue weighted by atomic mass is 9.87. The van der Waals surface area contributed by atoms with Gasteiger partial charge in [0.1, 0.15) is 6.33 Å². The minimum absolute atomic E-state index is 0.0662. The average molecular weight is 416 g/mol. The van der Waals surface area contributed by atoms with Crippen molar-refractivity contribution in [2.75, 3.05) is 13.1 Å². The van der Waals surface area contributed by atoms with Gasteiger partial charge in [-0.3, -0.25) is 15.0 Å². The maximum atomic E-state index is 10.8. The van der Waals surface area contributed by atoms with Gasteiger partial charge in [0.2, 0.25) is 0 Å². The SMILES string of the molecule is Cc1[nH]c2ccccc2c1C1CCN(Cn2cnc(-c3ccc([N+](=O)[O-])cc3)n2)CC1. The highest BCUT2D eigenvalue weighted by Gasteiger charge is 2.24. The van der Waals surface area contributed by atoms with Crippen molar-refractivity contribution in [3.63, 3.8) is 0 Å². The maximum absolute atomic E-state index is 10.8. The van der Waals surface area contributed by atoms with Crippen LogP contribution in [-0.4, -0.2) is 42.7 Å². The van der Waals surface area contributed by atoms with Crippen molar-refractivity contribution in [2.45, 2.75) is 32.4 Å². The van der Waals surface area contributed by atoms with Gasteiger partial charge in [-0.2, -0.15) is 0 Å². The highest BCUT2D eigenvalue weighted by molar-refractivity contribution is 5.85. The zero-order chi connectivity index (χ0) is 21.4. The molecule has 31 heavy (non-hydrogen) atoms. The van der Waals surface area contributed by atoms with E-state index in [1.807, 2.05) is 4.68 Å². The summed E-state index contributed by atoms with van der Waals surface area (Å²) in [5, 5.41) is 16.7. The molecule has 0 bridgehead atoms. The van der Waals surface area contributed by atoms with Gasteiger partial charge in [-0.25, -0.2) is 9.67 Å². The third-order valence-corrected chi connectivity index (χ3v) is 6.16. The first-order valence-corrected chi connectivity index (χ1v) is 10.5. The van der Waals surface area contributed by atoms with Gasteiger partial charge in [-0.1, -0.05) is 18.2 Å². The third-order valence-electron chi connectivity index (χ3n) is 6.16. The molecule has 2 aromatic carbocycles. The second-order valence-corrected chi connectivity index (χ2v) is 8.15. The Labute approximate surface area is 179 Å². The molecule has 0 unspecified atom stereocenters. The van der Waals surface area contributed by atoms with E-state index in [2.05, 4.69) is 51.2 Å². The Morgan fingerprint density at radius 2 is 1.87 bits per heavy atom. The Bertz CT molecular complexity index is 1220. The summed E-state index contributed by atoms with van der Waals surface area (Å²) >= 11 is 0. The maximum Gasteiger partial charge on any atom is 0.269 e. The molecule has 1 fully saturated rings. The number of nitro groups is 1. The molecule has 0 radical (unpaired) electrons. The first-order chi connectivity index (χ1) is 15.1. The van der Waals surface area contributed by atoms with E-state index in [1.165, 1.54) is 34.3 Å². The molecule has 0 spiro atoms. The predicted molar refractivity (Wildman–Crippen MR) is 119 cm³/mol. The molecule has 0 aliphatic carbocycles. The Morgan fingerprint density at radius 3 is 2.61 bits per heavy atom. The van der Waals surface area contributed by atoms with E-state index in [9.17, 15) is 10.1 Å². The molecule has 8 heteroatoms. The lowest BCUT2D eigenvalue weighted by Gasteiger charge is -2.32. The van der Waals surface area contributed by atoms with Crippen LogP contribution in [0, 0.1) is 17.0 Å². The Morgan fingerprint density at radius 1 is 1.13 bits per heavy atom. The minimum atomic E-state index is -0.406. The molecule has 4 aromatic rings. The molecule has 3 heterocycles. The van der Waals surface area contributed by atoms with Gasteiger partial charge < -0.3 is 4.98 Å². The molecule has 158 valence electrons.